The SMILES string of the molecule is O=C(CCc1ccsc1)NC1CCN(c2cccc(F)c2)CC1. The number of piperidine rings is 1. The van der Waals surface area contributed by atoms with Gasteiger partial charge in [-0.1, -0.05) is 6.07 Å². The Hall–Kier alpha value is -1.88. The van der Waals surface area contributed by atoms with Gasteiger partial charge in [0.25, 0.3) is 0 Å². The number of hydrogen-bond donors (Lipinski definition) is 1. The zero-order valence-corrected chi connectivity index (χ0v) is 13.8. The predicted molar refractivity (Wildman–Crippen MR) is 92.4 cm³/mol. The third-order valence-corrected chi connectivity index (χ3v) is 4.99. The summed E-state index contributed by atoms with van der Waals surface area (Å²) in [5.74, 6) is -0.0771. The number of rotatable bonds is 5. The van der Waals surface area contributed by atoms with Gasteiger partial charge in [0.1, 0.15) is 5.82 Å². The van der Waals surface area contributed by atoms with Crippen LogP contribution in [0.4, 0.5) is 10.1 Å². The number of thiophene rings is 1. The lowest BCUT2D eigenvalue weighted by atomic mass is 10.0. The first-order chi connectivity index (χ1) is 11.2. The van der Waals surface area contributed by atoms with Gasteiger partial charge < -0.3 is 10.2 Å². The summed E-state index contributed by atoms with van der Waals surface area (Å²) in [5.41, 5.74) is 2.15. The van der Waals surface area contributed by atoms with Crippen molar-refractivity contribution in [1.29, 1.82) is 0 Å². The van der Waals surface area contributed by atoms with E-state index in [0.29, 0.717) is 6.42 Å². The van der Waals surface area contributed by atoms with Crippen molar-refractivity contribution in [2.75, 3.05) is 18.0 Å². The third-order valence-electron chi connectivity index (χ3n) is 4.25. The monoisotopic (exact) mass is 332 g/mol. The summed E-state index contributed by atoms with van der Waals surface area (Å²) in [7, 11) is 0. The Morgan fingerprint density at radius 2 is 2.13 bits per heavy atom. The molecule has 0 radical (unpaired) electrons. The lowest BCUT2D eigenvalue weighted by Crippen LogP contribution is -2.44. The van der Waals surface area contributed by atoms with E-state index in [1.165, 1.54) is 11.6 Å². The fraction of sp³-hybridized carbons (Fsp3) is 0.389. The van der Waals surface area contributed by atoms with Crippen molar-refractivity contribution in [3.63, 3.8) is 0 Å². The second-order valence-electron chi connectivity index (χ2n) is 5.94. The van der Waals surface area contributed by atoms with Crippen LogP contribution in [0.2, 0.25) is 0 Å². The van der Waals surface area contributed by atoms with Gasteiger partial charge in [0.15, 0.2) is 0 Å². The fourth-order valence-corrected chi connectivity index (χ4v) is 3.65. The van der Waals surface area contributed by atoms with Crippen LogP contribution < -0.4 is 10.2 Å². The molecule has 122 valence electrons. The molecule has 1 fully saturated rings. The summed E-state index contributed by atoms with van der Waals surface area (Å²) in [6.45, 7) is 1.69. The first-order valence-corrected chi connectivity index (χ1v) is 8.96. The molecule has 3 nitrogen and oxygen atoms in total. The third kappa shape index (κ3) is 4.55. The van der Waals surface area contributed by atoms with E-state index in [4.69, 9.17) is 0 Å². The average Bonchev–Trinajstić information content (AvgIpc) is 3.07. The van der Waals surface area contributed by atoms with Crippen LogP contribution in [0, 0.1) is 5.82 Å². The lowest BCUT2D eigenvalue weighted by Gasteiger charge is -2.34. The Bertz CT molecular complexity index is 636. The van der Waals surface area contributed by atoms with Crippen molar-refractivity contribution in [1.82, 2.24) is 5.32 Å². The quantitative estimate of drug-likeness (QED) is 0.907. The van der Waals surface area contributed by atoms with Gasteiger partial charge in [0.05, 0.1) is 0 Å². The molecule has 1 aliphatic rings. The number of carbonyl (C=O) groups is 1. The molecule has 1 saturated heterocycles. The first-order valence-electron chi connectivity index (χ1n) is 8.01. The molecule has 2 aromatic rings. The maximum absolute atomic E-state index is 13.3. The minimum Gasteiger partial charge on any atom is -0.371 e. The largest absolute Gasteiger partial charge is 0.371 e. The zero-order chi connectivity index (χ0) is 16.1. The molecule has 5 heteroatoms. The lowest BCUT2D eigenvalue weighted by molar-refractivity contribution is -0.121. The van der Waals surface area contributed by atoms with E-state index in [9.17, 15) is 9.18 Å². The number of halogens is 1. The number of nitrogens with zero attached hydrogens (tertiary/aromatic N) is 1. The average molecular weight is 332 g/mol. The molecule has 1 aliphatic heterocycles. The fourth-order valence-electron chi connectivity index (χ4n) is 2.95. The Kier molecular flexibility index (Phi) is 5.28. The van der Waals surface area contributed by atoms with Gasteiger partial charge in [0, 0.05) is 31.2 Å². The predicted octanol–water partition coefficient (Wildman–Crippen LogP) is 3.61. The number of carbonyl (C=O) groups excluding carboxylic acids is 1. The van der Waals surface area contributed by atoms with Crippen LogP contribution in [0.25, 0.3) is 0 Å². The molecule has 1 N–H and O–H groups in total. The minimum atomic E-state index is -0.202. The van der Waals surface area contributed by atoms with E-state index in [2.05, 4.69) is 21.7 Å². The number of nitrogens with one attached hydrogen (secondary N) is 1. The maximum Gasteiger partial charge on any atom is 0.220 e. The summed E-state index contributed by atoms with van der Waals surface area (Å²) in [4.78, 5) is 14.2. The molecule has 1 aromatic heterocycles. The van der Waals surface area contributed by atoms with Gasteiger partial charge in [-0.2, -0.15) is 11.3 Å². The van der Waals surface area contributed by atoms with Crippen molar-refractivity contribution in [3.8, 4) is 0 Å². The number of anilines is 1. The number of amides is 1. The summed E-state index contributed by atoms with van der Waals surface area (Å²) in [6, 6.07) is 9.00. The summed E-state index contributed by atoms with van der Waals surface area (Å²) in [6.07, 6.45) is 3.15. The van der Waals surface area contributed by atoms with E-state index in [0.717, 1.165) is 38.0 Å². The van der Waals surface area contributed by atoms with Gasteiger partial charge in [-0.15, -0.1) is 0 Å². The van der Waals surface area contributed by atoms with E-state index in [1.807, 2.05) is 11.4 Å². The molecule has 0 spiro atoms. The molecule has 0 bridgehead atoms. The highest BCUT2D eigenvalue weighted by Gasteiger charge is 2.21. The minimum absolute atomic E-state index is 0.125. The molecule has 0 atom stereocenters. The van der Waals surface area contributed by atoms with E-state index < -0.39 is 0 Å². The molecule has 3 rings (SSSR count). The van der Waals surface area contributed by atoms with E-state index in [-0.39, 0.29) is 17.8 Å². The van der Waals surface area contributed by atoms with Crippen molar-refractivity contribution in [2.45, 2.75) is 31.7 Å². The topological polar surface area (TPSA) is 32.3 Å². The molecule has 23 heavy (non-hydrogen) atoms. The van der Waals surface area contributed by atoms with Gasteiger partial charge in [-0.3, -0.25) is 4.79 Å². The highest BCUT2D eigenvalue weighted by atomic mass is 32.1. The van der Waals surface area contributed by atoms with E-state index >= 15 is 0 Å². The van der Waals surface area contributed by atoms with Crippen LogP contribution in [0.1, 0.15) is 24.8 Å². The standard InChI is InChI=1S/C18H21FN2OS/c19-15-2-1-3-17(12-15)21-9-6-16(7-10-21)20-18(22)5-4-14-8-11-23-13-14/h1-3,8,11-13,16H,4-7,9-10H2,(H,20,22). The molecule has 1 amide bonds. The molecule has 2 heterocycles. The van der Waals surface area contributed by atoms with Crippen LogP contribution in [-0.2, 0) is 11.2 Å². The smallest absolute Gasteiger partial charge is 0.220 e. The summed E-state index contributed by atoms with van der Waals surface area (Å²) >= 11 is 1.66. The van der Waals surface area contributed by atoms with Crippen LogP contribution in [0.3, 0.4) is 0 Å². The number of benzene rings is 1. The molecule has 0 aliphatic carbocycles. The van der Waals surface area contributed by atoms with Gasteiger partial charge in [0.2, 0.25) is 5.91 Å². The molecule has 0 unspecified atom stereocenters. The molecule has 0 saturated carbocycles. The maximum atomic E-state index is 13.3. The van der Waals surface area contributed by atoms with Crippen molar-refractivity contribution >= 4 is 22.9 Å². The number of hydrogen-bond acceptors (Lipinski definition) is 3. The van der Waals surface area contributed by atoms with Gasteiger partial charge in [-0.25, -0.2) is 4.39 Å². The number of aryl methyl sites for hydroxylation is 1. The molecule has 1 aromatic carbocycles. The second kappa shape index (κ2) is 7.59. The van der Waals surface area contributed by atoms with Crippen LogP contribution in [0.5, 0.6) is 0 Å². The van der Waals surface area contributed by atoms with Gasteiger partial charge >= 0.3 is 0 Å². The van der Waals surface area contributed by atoms with Crippen molar-refractivity contribution in [2.24, 2.45) is 0 Å². The summed E-state index contributed by atoms with van der Waals surface area (Å²) < 4.78 is 13.3. The van der Waals surface area contributed by atoms with Crippen molar-refractivity contribution < 1.29 is 9.18 Å². The van der Waals surface area contributed by atoms with Crippen LogP contribution in [-0.4, -0.2) is 25.0 Å². The Balaban J connectivity index is 1.43. The zero-order valence-electron chi connectivity index (χ0n) is 13.0. The Labute approximate surface area is 140 Å². The van der Waals surface area contributed by atoms with Crippen LogP contribution in [0.15, 0.2) is 41.1 Å². The van der Waals surface area contributed by atoms with Crippen molar-refractivity contribution in [3.05, 3.63) is 52.5 Å². The van der Waals surface area contributed by atoms with Gasteiger partial charge in [-0.05, 0) is 59.9 Å². The van der Waals surface area contributed by atoms with E-state index in [1.54, 1.807) is 23.5 Å². The molecular weight excluding hydrogens is 311 g/mol. The van der Waals surface area contributed by atoms with Crippen LogP contribution >= 0.6 is 11.3 Å². The Morgan fingerprint density at radius 3 is 2.83 bits per heavy atom. The first kappa shape index (κ1) is 16.0. The summed E-state index contributed by atoms with van der Waals surface area (Å²) in [5, 5.41) is 7.25. The highest BCUT2D eigenvalue weighted by molar-refractivity contribution is 7.07. The normalized spacial score (nSPS) is 15.6. The Morgan fingerprint density at radius 1 is 1.30 bits per heavy atom. The second-order valence-corrected chi connectivity index (χ2v) is 6.72. The highest BCUT2D eigenvalue weighted by Crippen LogP contribution is 2.20. The molecular formula is C18H21FN2OS.